The SMILES string of the molecule is C=CCN(c1ccc(C(=O)N/N=C\c2ccccc2Cl)cc1)S(=O)(=O)c1ccccc1. The zero-order valence-electron chi connectivity index (χ0n) is 16.5. The van der Waals surface area contributed by atoms with E-state index in [2.05, 4.69) is 17.1 Å². The number of amides is 1. The molecule has 1 N–H and O–H groups in total. The highest BCUT2D eigenvalue weighted by Gasteiger charge is 2.23. The molecule has 6 nitrogen and oxygen atoms in total. The number of sulfonamides is 1. The van der Waals surface area contributed by atoms with Crippen LogP contribution in [0.4, 0.5) is 5.69 Å². The van der Waals surface area contributed by atoms with Gasteiger partial charge in [-0.05, 0) is 42.5 Å². The Bertz CT molecular complexity index is 1190. The van der Waals surface area contributed by atoms with Crippen molar-refractivity contribution in [3.8, 4) is 0 Å². The van der Waals surface area contributed by atoms with Gasteiger partial charge in [0.1, 0.15) is 0 Å². The highest BCUT2D eigenvalue weighted by Crippen LogP contribution is 2.24. The summed E-state index contributed by atoms with van der Waals surface area (Å²) in [5.74, 6) is -0.434. The van der Waals surface area contributed by atoms with Crippen LogP contribution < -0.4 is 9.73 Å². The topological polar surface area (TPSA) is 78.8 Å². The summed E-state index contributed by atoms with van der Waals surface area (Å²) in [6.07, 6.45) is 2.96. The Morgan fingerprint density at radius 3 is 2.29 bits per heavy atom. The van der Waals surface area contributed by atoms with Crippen LogP contribution in [0.5, 0.6) is 0 Å². The summed E-state index contributed by atoms with van der Waals surface area (Å²) < 4.78 is 27.3. The summed E-state index contributed by atoms with van der Waals surface area (Å²) in [6, 6.07) is 21.4. The van der Waals surface area contributed by atoms with E-state index in [9.17, 15) is 13.2 Å². The molecular formula is C23H20ClN3O3S. The Labute approximate surface area is 186 Å². The van der Waals surface area contributed by atoms with Gasteiger partial charge in [0, 0.05) is 16.1 Å². The van der Waals surface area contributed by atoms with Crippen molar-refractivity contribution >= 4 is 39.4 Å². The molecule has 158 valence electrons. The van der Waals surface area contributed by atoms with E-state index in [1.807, 2.05) is 6.07 Å². The fourth-order valence-corrected chi connectivity index (χ4v) is 4.40. The zero-order chi connectivity index (χ0) is 22.3. The van der Waals surface area contributed by atoms with Crippen LogP contribution in [0.15, 0.2) is 102 Å². The van der Waals surface area contributed by atoms with Crippen molar-refractivity contribution in [2.75, 3.05) is 10.8 Å². The first kappa shape index (κ1) is 22.3. The number of hydrogen-bond donors (Lipinski definition) is 1. The molecule has 8 heteroatoms. The molecule has 0 saturated heterocycles. The molecule has 0 unspecified atom stereocenters. The molecule has 0 aliphatic carbocycles. The van der Waals surface area contributed by atoms with Crippen LogP contribution in [-0.2, 0) is 10.0 Å². The van der Waals surface area contributed by atoms with Crippen LogP contribution in [0.2, 0.25) is 5.02 Å². The maximum Gasteiger partial charge on any atom is 0.271 e. The molecule has 0 aliphatic heterocycles. The highest BCUT2D eigenvalue weighted by molar-refractivity contribution is 7.92. The first-order valence-electron chi connectivity index (χ1n) is 9.30. The van der Waals surface area contributed by atoms with Crippen molar-refractivity contribution < 1.29 is 13.2 Å². The summed E-state index contributed by atoms with van der Waals surface area (Å²) in [5.41, 5.74) is 3.85. The van der Waals surface area contributed by atoms with Crippen molar-refractivity contribution in [1.82, 2.24) is 5.43 Å². The van der Waals surface area contributed by atoms with Crippen LogP contribution in [0, 0.1) is 0 Å². The Morgan fingerprint density at radius 2 is 1.65 bits per heavy atom. The fourth-order valence-electron chi connectivity index (χ4n) is 2.76. The summed E-state index contributed by atoms with van der Waals surface area (Å²) in [5, 5.41) is 4.44. The molecule has 1 amide bonds. The van der Waals surface area contributed by atoms with Crippen LogP contribution in [-0.4, -0.2) is 27.1 Å². The van der Waals surface area contributed by atoms with E-state index < -0.39 is 15.9 Å². The second-order valence-electron chi connectivity index (χ2n) is 6.41. The molecule has 0 spiro atoms. The third-order valence-electron chi connectivity index (χ3n) is 4.32. The Morgan fingerprint density at radius 1 is 1.00 bits per heavy atom. The van der Waals surface area contributed by atoms with Gasteiger partial charge in [-0.2, -0.15) is 5.10 Å². The summed E-state index contributed by atoms with van der Waals surface area (Å²) in [4.78, 5) is 12.5. The van der Waals surface area contributed by atoms with E-state index in [-0.39, 0.29) is 11.4 Å². The molecule has 0 bridgehead atoms. The lowest BCUT2D eigenvalue weighted by molar-refractivity contribution is 0.0955. The minimum absolute atomic E-state index is 0.0882. The first-order chi connectivity index (χ1) is 14.9. The predicted octanol–water partition coefficient (Wildman–Crippen LogP) is 4.49. The minimum Gasteiger partial charge on any atom is -0.267 e. The second kappa shape index (κ2) is 10.1. The maximum absolute atomic E-state index is 13.0. The largest absolute Gasteiger partial charge is 0.271 e. The number of nitrogens with one attached hydrogen (secondary N) is 1. The van der Waals surface area contributed by atoms with Gasteiger partial charge in [0.15, 0.2) is 0 Å². The highest BCUT2D eigenvalue weighted by atomic mass is 35.5. The summed E-state index contributed by atoms with van der Waals surface area (Å²) >= 11 is 6.05. The van der Waals surface area contributed by atoms with Crippen LogP contribution in [0.1, 0.15) is 15.9 Å². The normalized spacial score (nSPS) is 11.3. The van der Waals surface area contributed by atoms with Gasteiger partial charge in [-0.3, -0.25) is 9.10 Å². The molecule has 31 heavy (non-hydrogen) atoms. The van der Waals surface area contributed by atoms with Gasteiger partial charge in [-0.15, -0.1) is 6.58 Å². The number of anilines is 1. The van der Waals surface area contributed by atoms with Crippen molar-refractivity contribution in [3.05, 3.63) is 108 Å². The van der Waals surface area contributed by atoms with E-state index in [0.717, 1.165) is 0 Å². The lowest BCUT2D eigenvalue weighted by atomic mass is 10.2. The minimum atomic E-state index is -3.77. The average molecular weight is 454 g/mol. The Hall–Kier alpha value is -3.42. The molecule has 0 heterocycles. The van der Waals surface area contributed by atoms with Gasteiger partial charge in [-0.1, -0.05) is 54.1 Å². The Kier molecular flexibility index (Phi) is 7.23. The molecule has 0 aliphatic rings. The van der Waals surface area contributed by atoms with E-state index in [1.54, 1.807) is 48.5 Å². The molecule has 0 atom stereocenters. The van der Waals surface area contributed by atoms with Gasteiger partial charge in [0.25, 0.3) is 15.9 Å². The fraction of sp³-hybridized carbons (Fsp3) is 0.0435. The number of rotatable bonds is 8. The molecule has 0 fully saturated rings. The maximum atomic E-state index is 13.0. The number of hydrogen-bond acceptors (Lipinski definition) is 4. The van der Waals surface area contributed by atoms with Gasteiger partial charge < -0.3 is 0 Å². The van der Waals surface area contributed by atoms with Crippen molar-refractivity contribution in [1.29, 1.82) is 0 Å². The number of nitrogens with zero attached hydrogens (tertiary/aromatic N) is 2. The van der Waals surface area contributed by atoms with E-state index in [4.69, 9.17) is 11.6 Å². The molecule has 3 aromatic rings. The van der Waals surface area contributed by atoms with Crippen LogP contribution in [0.25, 0.3) is 0 Å². The summed E-state index contributed by atoms with van der Waals surface area (Å²) in [6.45, 7) is 3.74. The zero-order valence-corrected chi connectivity index (χ0v) is 18.1. The lowest BCUT2D eigenvalue weighted by Gasteiger charge is -2.23. The van der Waals surface area contributed by atoms with E-state index in [0.29, 0.717) is 21.8 Å². The smallest absolute Gasteiger partial charge is 0.267 e. The third kappa shape index (κ3) is 5.39. The van der Waals surface area contributed by atoms with E-state index in [1.165, 1.54) is 40.9 Å². The van der Waals surface area contributed by atoms with Gasteiger partial charge in [0.2, 0.25) is 0 Å². The van der Waals surface area contributed by atoms with E-state index >= 15 is 0 Å². The number of halogens is 1. The third-order valence-corrected chi connectivity index (χ3v) is 6.47. The molecule has 3 rings (SSSR count). The quantitative estimate of drug-likeness (QED) is 0.310. The Balaban J connectivity index is 1.76. The second-order valence-corrected chi connectivity index (χ2v) is 8.67. The van der Waals surface area contributed by atoms with Gasteiger partial charge in [0.05, 0.1) is 23.3 Å². The first-order valence-corrected chi connectivity index (χ1v) is 11.1. The average Bonchev–Trinajstić information content (AvgIpc) is 2.79. The number of carbonyl (C=O) groups excluding carboxylic acids is 1. The van der Waals surface area contributed by atoms with Crippen molar-refractivity contribution in [3.63, 3.8) is 0 Å². The molecule has 0 saturated carbocycles. The number of hydrazone groups is 1. The number of carbonyl (C=O) groups is 1. The summed E-state index contributed by atoms with van der Waals surface area (Å²) in [7, 11) is -3.77. The van der Waals surface area contributed by atoms with Crippen LogP contribution in [0.3, 0.4) is 0 Å². The number of benzene rings is 3. The van der Waals surface area contributed by atoms with Crippen molar-refractivity contribution in [2.45, 2.75) is 4.90 Å². The molecule has 3 aromatic carbocycles. The van der Waals surface area contributed by atoms with Gasteiger partial charge in [-0.25, -0.2) is 13.8 Å². The molecule has 0 aromatic heterocycles. The van der Waals surface area contributed by atoms with Crippen molar-refractivity contribution in [2.24, 2.45) is 5.10 Å². The monoisotopic (exact) mass is 453 g/mol. The molecular weight excluding hydrogens is 434 g/mol. The lowest BCUT2D eigenvalue weighted by Crippen LogP contribution is -2.31. The standard InChI is InChI=1S/C23H20ClN3O3S/c1-2-16-27(31(29,30)21-9-4-3-5-10-21)20-14-12-18(13-15-20)23(28)26-25-17-19-8-6-7-11-22(19)24/h2-15,17H,1,16H2,(H,26,28)/b25-17-. The molecule has 0 radical (unpaired) electrons. The van der Waals surface area contributed by atoms with Gasteiger partial charge >= 0.3 is 0 Å². The predicted molar refractivity (Wildman–Crippen MR) is 124 cm³/mol. The van der Waals surface area contributed by atoms with Crippen LogP contribution >= 0.6 is 11.6 Å².